The number of fused-ring (bicyclic) bond motifs is 10. The van der Waals surface area contributed by atoms with Crippen LogP contribution in [0.25, 0.3) is 0 Å². The molecular weight excluding hydrogens is 1090 g/mol. The van der Waals surface area contributed by atoms with Crippen LogP contribution in [-0.4, -0.2) is 116 Å². The summed E-state index contributed by atoms with van der Waals surface area (Å²) in [6.07, 6.45) is -12.4. The molecule has 5 aliphatic heterocycles. The summed E-state index contributed by atoms with van der Waals surface area (Å²) >= 11 is 0. The second-order valence-corrected chi connectivity index (χ2v) is 21.0. The summed E-state index contributed by atoms with van der Waals surface area (Å²) in [5, 5.41) is 207. The SMILES string of the molecule is Oc1ccc(C2Oc3cc(O)cc(O)c3C(c3c(O)cc(O)c4c3OC3(c5ccc(O)c(O)c5)Oc5cc(O)c6c(c5C4C3O)OC(c3ccc(O)c(O)c3)C(O)C6c3c(O)cc(O)c4c3OC(c3ccc(O)c(O)c3)C(O)C4)C2O)cc1. The van der Waals surface area contributed by atoms with Crippen LogP contribution in [0.2, 0.25) is 0 Å². The van der Waals surface area contributed by atoms with Crippen molar-refractivity contribution in [2.24, 2.45) is 0 Å². The van der Waals surface area contributed by atoms with Crippen LogP contribution in [0.1, 0.15) is 97.3 Å². The van der Waals surface area contributed by atoms with Crippen molar-refractivity contribution in [1.82, 2.24) is 0 Å². The van der Waals surface area contributed by atoms with Gasteiger partial charge in [0.15, 0.2) is 46.7 Å². The predicted octanol–water partition coefficient (Wildman–Crippen LogP) is 5.99. The minimum absolute atomic E-state index is 0.0590. The van der Waals surface area contributed by atoms with Gasteiger partial charge in [0.2, 0.25) is 0 Å². The zero-order chi connectivity index (χ0) is 58.6. The third-order valence-electron chi connectivity index (χ3n) is 16.2. The molecule has 18 N–H and O–H groups in total. The van der Waals surface area contributed by atoms with E-state index in [-0.39, 0.29) is 73.7 Å². The van der Waals surface area contributed by atoms with Crippen LogP contribution in [-0.2, 0) is 12.2 Å². The first-order valence-corrected chi connectivity index (χ1v) is 25.6. The quantitative estimate of drug-likeness (QED) is 0.0850. The first kappa shape index (κ1) is 52.2. The van der Waals surface area contributed by atoms with E-state index in [1.54, 1.807) is 0 Å². The second kappa shape index (κ2) is 18.4. The van der Waals surface area contributed by atoms with E-state index in [1.807, 2.05) is 0 Å². The van der Waals surface area contributed by atoms with Crippen molar-refractivity contribution in [2.75, 3.05) is 0 Å². The number of ether oxygens (including phenoxy) is 5. The van der Waals surface area contributed by atoms with Gasteiger partial charge < -0.3 is 116 Å². The first-order chi connectivity index (χ1) is 39.5. The Morgan fingerprint density at radius 1 is 0.337 bits per heavy atom. The van der Waals surface area contributed by atoms with Crippen LogP contribution >= 0.6 is 0 Å². The molecule has 5 heterocycles. The molecule has 0 saturated heterocycles. The Morgan fingerprint density at radius 3 is 1.46 bits per heavy atom. The molecule has 23 heteroatoms. The Balaban J connectivity index is 1.09. The minimum atomic E-state index is -2.69. The molecule has 5 aliphatic rings. The monoisotopic (exact) mass is 1140 g/mol. The molecule has 83 heavy (non-hydrogen) atoms. The fourth-order valence-corrected chi connectivity index (χ4v) is 12.5. The fourth-order valence-electron chi connectivity index (χ4n) is 12.5. The number of aliphatic hydroxyl groups excluding tert-OH is 4. The molecule has 0 aromatic heterocycles. The number of rotatable bonds is 6. The zero-order valence-electron chi connectivity index (χ0n) is 42.5. The van der Waals surface area contributed by atoms with Gasteiger partial charge in [-0.2, -0.15) is 0 Å². The summed E-state index contributed by atoms with van der Waals surface area (Å²) in [6, 6.07) is 20.5. The lowest BCUT2D eigenvalue weighted by Crippen LogP contribution is -2.58. The Labute approximate surface area is 466 Å². The maximum Gasteiger partial charge on any atom is 0.305 e. The Kier molecular flexibility index (Phi) is 11.6. The van der Waals surface area contributed by atoms with Crippen molar-refractivity contribution in [3.05, 3.63) is 170 Å². The van der Waals surface area contributed by atoms with Gasteiger partial charge >= 0.3 is 5.79 Å². The van der Waals surface area contributed by atoms with Gasteiger partial charge in [-0.05, 0) is 71.3 Å². The van der Waals surface area contributed by atoms with Crippen LogP contribution in [0.5, 0.6) is 109 Å². The molecule has 0 saturated carbocycles. The standard InChI is InChI=1S/C60H48O23/c61-24-6-1-20(2-7-24)54-51(76)48(42-34(70)14-25(62)15-40(42)79-54)45-36(72)18-37(73)46-50-47-41(82-60(59(50)78,83-58(45)46)23-5-10-29(65)33(69)13-23)19-38(74)44-49(52(77)55(81-57(44)47)22-4-9-28(64)32(68)12-22)43-35(71)17-30(66)26-16-39(75)53(80-56(26)43)21-3-8-27(63)31(67)11-21/h1-15,17-19,39,48-55,59,61-78H,16H2. The lowest BCUT2D eigenvalue weighted by molar-refractivity contribution is -0.219. The van der Waals surface area contributed by atoms with Crippen LogP contribution < -0.4 is 23.7 Å². The van der Waals surface area contributed by atoms with Gasteiger partial charge in [0.05, 0.1) is 23.9 Å². The van der Waals surface area contributed by atoms with Crippen molar-refractivity contribution < 1.29 is 116 Å². The number of hydrogen-bond donors (Lipinski definition) is 18. The predicted molar refractivity (Wildman–Crippen MR) is 281 cm³/mol. The molecule has 23 nitrogen and oxygen atoms in total. The second-order valence-electron chi connectivity index (χ2n) is 21.0. The van der Waals surface area contributed by atoms with Gasteiger partial charge in [0.25, 0.3) is 0 Å². The van der Waals surface area contributed by atoms with Crippen molar-refractivity contribution in [3.8, 4) is 109 Å². The van der Waals surface area contributed by atoms with Gasteiger partial charge in [-0.15, -0.1) is 0 Å². The summed E-state index contributed by atoms with van der Waals surface area (Å²) in [5.41, 5.74) is -2.11. The maximum absolute atomic E-state index is 13.2. The highest BCUT2D eigenvalue weighted by atomic mass is 16.7. The molecule has 0 radical (unpaired) electrons. The molecule has 2 bridgehead atoms. The average molecular weight is 1140 g/mol. The summed E-state index contributed by atoms with van der Waals surface area (Å²) in [6.45, 7) is 0. The highest BCUT2D eigenvalue weighted by Crippen LogP contribution is 2.68. The molecular formula is C60H48O23. The van der Waals surface area contributed by atoms with Crippen LogP contribution in [0.3, 0.4) is 0 Å². The number of aromatic hydroxyl groups is 14. The van der Waals surface area contributed by atoms with Gasteiger partial charge in [-0.1, -0.05) is 24.3 Å². The summed E-state index contributed by atoms with van der Waals surface area (Å²) in [4.78, 5) is 0. The normalized spacial score (nSPS) is 25.3. The first-order valence-electron chi connectivity index (χ1n) is 25.6. The minimum Gasteiger partial charge on any atom is -0.508 e. The molecule has 0 fully saturated rings. The number of phenolic OH excluding ortho intramolecular Hbond substituents is 14. The highest BCUT2D eigenvalue weighted by Gasteiger charge is 2.62. The van der Waals surface area contributed by atoms with Crippen molar-refractivity contribution in [1.29, 1.82) is 0 Å². The molecule has 0 aliphatic carbocycles. The lowest BCUT2D eigenvalue weighted by atomic mass is 9.70. The molecule has 11 atom stereocenters. The molecule has 13 rings (SSSR count). The number of phenols is 14. The highest BCUT2D eigenvalue weighted by molar-refractivity contribution is 5.74. The molecule has 0 amide bonds. The van der Waals surface area contributed by atoms with E-state index in [4.69, 9.17) is 23.7 Å². The molecule has 0 spiro atoms. The van der Waals surface area contributed by atoms with E-state index < -0.39 is 169 Å². The smallest absolute Gasteiger partial charge is 0.305 e. The van der Waals surface area contributed by atoms with Crippen molar-refractivity contribution in [2.45, 2.75) is 72.7 Å². The number of benzene rings is 8. The van der Waals surface area contributed by atoms with Gasteiger partial charge in [-0.3, -0.25) is 0 Å². The molecule has 8 aromatic carbocycles. The van der Waals surface area contributed by atoms with E-state index in [2.05, 4.69) is 0 Å². The van der Waals surface area contributed by atoms with Gasteiger partial charge in [-0.25, -0.2) is 0 Å². The molecule has 426 valence electrons. The molecule has 11 unspecified atom stereocenters. The van der Waals surface area contributed by atoms with Gasteiger partial charge in [0.1, 0.15) is 99.2 Å². The summed E-state index contributed by atoms with van der Waals surface area (Å²) < 4.78 is 33.0. The van der Waals surface area contributed by atoms with Crippen molar-refractivity contribution in [3.63, 3.8) is 0 Å². The number of hydrogen-bond acceptors (Lipinski definition) is 23. The van der Waals surface area contributed by atoms with Crippen LogP contribution in [0, 0.1) is 0 Å². The Bertz CT molecular complexity index is 4030. The average Bonchev–Trinajstić information content (AvgIpc) is 1.53. The van der Waals surface area contributed by atoms with E-state index >= 15 is 0 Å². The van der Waals surface area contributed by atoms with E-state index in [0.29, 0.717) is 0 Å². The van der Waals surface area contributed by atoms with E-state index in [1.165, 1.54) is 42.5 Å². The Hall–Kier alpha value is -10.2. The third-order valence-corrected chi connectivity index (χ3v) is 16.2. The van der Waals surface area contributed by atoms with Crippen molar-refractivity contribution >= 4 is 0 Å². The van der Waals surface area contributed by atoms with Gasteiger partial charge in [0, 0.05) is 81.3 Å². The van der Waals surface area contributed by atoms with Crippen LogP contribution in [0.15, 0.2) is 109 Å². The zero-order valence-corrected chi connectivity index (χ0v) is 42.5. The summed E-state index contributed by atoms with van der Waals surface area (Å²) in [5.74, 6) is -18.7. The maximum atomic E-state index is 13.2. The van der Waals surface area contributed by atoms with Crippen LogP contribution in [0.4, 0.5) is 0 Å². The summed E-state index contributed by atoms with van der Waals surface area (Å²) in [7, 11) is 0. The Morgan fingerprint density at radius 2 is 0.831 bits per heavy atom. The van der Waals surface area contributed by atoms with E-state index in [9.17, 15) is 91.9 Å². The van der Waals surface area contributed by atoms with E-state index in [0.717, 1.165) is 66.7 Å². The largest absolute Gasteiger partial charge is 0.508 e. The topological polar surface area (TPSA) is 410 Å². The molecule has 8 aromatic rings. The number of aliphatic hydroxyl groups is 4. The third kappa shape index (κ3) is 7.72. The lowest BCUT2D eigenvalue weighted by Gasteiger charge is -2.52. The fraction of sp³-hybridized carbons (Fsp3) is 0.200.